The summed E-state index contributed by atoms with van der Waals surface area (Å²) in [7, 11) is 0. The Balaban J connectivity index is 1.59. The molecule has 2 aromatic carbocycles. The van der Waals surface area contributed by atoms with Crippen LogP contribution in [0.4, 0.5) is 11.4 Å². The summed E-state index contributed by atoms with van der Waals surface area (Å²) in [4.78, 5) is 35.8. The standard InChI is InChI=1S/C23H26N2O5/c1-2-16-7-11-18(12-8-16)24-22(26)20-5-3-4-6-21(20)23(27)30-15-17-9-13-19(14-10-17)25(28)29/h7-14,20-21H,2-6,15H2,1H3,(H,24,26)/t20-,21+/m1/s1. The molecule has 0 saturated heterocycles. The fraction of sp³-hybridized carbons (Fsp3) is 0.391. The first-order valence-corrected chi connectivity index (χ1v) is 10.3. The number of carbonyl (C=O) groups excluding carboxylic acids is 2. The van der Waals surface area contributed by atoms with E-state index in [1.165, 1.54) is 17.7 Å². The summed E-state index contributed by atoms with van der Waals surface area (Å²) < 4.78 is 5.44. The first-order valence-electron chi connectivity index (χ1n) is 10.3. The zero-order chi connectivity index (χ0) is 21.5. The number of aryl methyl sites for hydroxylation is 1. The topological polar surface area (TPSA) is 98.5 Å². The van der Waals surface area contributed by atoms with Crippen LogP contribution in [0.5, 0.6) is 0 Å². The number of nitro benzene ring substituents is 1. The van der Waals surface area contributed by atoms with E-state index in [1.54, 1.807) is 12.1 Å². The third-order valence-corrected chi connectivity index (χ3v) is 5.56. The number of non-ortho nitro benzene ring substituents is 1. The Morgan fingerprint density at radius 3 is 2.20 bits per heavy atom. The van der Waals surface area contributed by atoms with Crippen LogP contribution in [-0.4, -0.2) is 16.8 Å². The summed E-state index contributed by atoms with van der Waals surface area (Å²) in [6.07, 6.45) is 3.98. The number of nitro groups is 1. The largest absolute Gasteiger partial charge is 0.461 e. The molecule has 1 saturated carbocycles. The van der Waals surface area contributed by atoms with Gasteiger partial charge in [-0.25, -0.2) is 0 Å². The first kappa shape index (κ1) is 21.5. The van der Waals surface area contributed by atoms with Crippen LogP contribution in [0.15, 0.2) is 48.5 Å². The molecule has 7 nitrogen and oxygen atoms in total. The van der Waals surface area contributed by atoms with E-state index in [1.807, 2.05) is 24.3 Å². The number of esters is 1. The molecular formula is C23H26N2O5. The second-order valence-corrected chi connectivity index (χ2v) is 7.57. The van der Waals surface area contributed by atoms with E-state index in [2.05, 4.69) is 12.2 Å². The van der Waals surface area contributed by atoms with Crippen molar-refractivity contribution < 1.29 is 19.2 Å². The zero-order valence-electron chi connectivity index (χ0n) is 17.0. The molecule has 1 fully saturated rings. The fourth-order valence-corrected chi connectivity index (χ4v) is 3.76. The number of nitrogens with zero attached hydrogens (tertiary/aromatic N) is 1. The highest BCUT2D eigenvalue weighted by molar-refractivity contribution is 5.95. The van der Waals surface area contributed by atoms with Gasteiger partial charge < -0.3 is 10.1 Å². The van der Waals surface area contributed by atoms with Crippen molar-refractivity contribution in [3.63, 3.8) is 0 Å². The first-order chi connectivity index (χ1) is 14.5. The normalized spacial score (nSPS) is 18.4. The number of amides is 1. The van der Waals surface area contributed by atoms with E-state index in [4.69, 9.17) is 4.74 Å². The number of rotatable bonds is 7. The molecule has 1 aliphatic rings. The molecule has 0 radical (unpaired) electrons. The second kappa shape index (κ2) is 10.0. The van der Waals surface area contributed by atoms with Crippen molar-refractivity contribution in [1.82, 2.24) is 0 Å². The number of nitrogens with one attached hydrogen (secondary N) is 1. The molecule has 1 N–H and O–H groups in total. The Morgan fingerprint density at radius 1 is 1.00 bits per heavy atom. The minimum absolute atomic E-state index is 0.0129. The van der Waals surface area contributed by atoms with Crippen LogP contribution < -0.4 is 5.32 Å². The molecule has 2 atom stereocenters. The van der Waals surface area contributed by atoms with Crippen molar-refractivity contribution >= 4 is 23.3 Å². The Labute approximate surface area is 175 Å². The molecule has 0 unspecified atom stereocenters. The summed E-state index contributed by atoms with van der Waals surface area (Å²) in [6.45, 7) is 2.10. The van der Waals surface area contributed by atoms with Crippen molar-refractivity contribution in [2.24, 2.45) is 11.8 Å². The molecular weight excluding hydrogens is 384 g/mol. The Hall–Kier alpha value is -3.22. The van der Waals surface area contributed by atoms with Gasteiger partial charge in [-0.1, -0.05) is 31.9 Å². The third kappa shape index (κ3) is 5.43. The molecule has 7 heteroatoms. The predicted molar refractivity (Wildman–Crippen MR) is 113 cm³/mol. The van der Waals surface area contributed by atoms with Gasteiger partial charge in [0.15, 0.2) is 0 Å². The smallest absolute Gasteiger partial charge is 0.310 e. The van der Waals surface area contributed by atoms with E-state index < -0.39 is 22.7 Å². The molecule has 0 aromatic heterocycles. The van der Waals surface area contributed by atoms with E-state index in [-0.39, 0.29) is 18.2 Å². The lowest BCUT2D eigenvalue weighted by molar-refractivity contribution is -0.384. The van der Waals surface area contributed by atoms with Crippen LogP contribution in [0.1, 0.15) is 43.7 Å². The highest BCUT2D eigenvalue weighted by Gasteiger charge is 2.36. The number of carbonyl (C=O) groups is 2. The molecule has 0 aliphatic heterocycles. The van der Waals surface area contributed by atoms with E-state index in [0.29, 0.717) is 18.4 Å². The van der Waals surface area contributed by atoms with E-state index in [9.17, 15) is 19.7 Å². The van der Waals surface area contributed by atoms with Gasteiger partial charge in [-0.2, -0.15) is 0 Å². The summed E-state index contributed by atoms with van der Waals surface area (Å²) in [5.41, 5.74) is 2.57. The maximum absolute atomic E-state index is 12.8. The summed E-state index contributed by atoms with van der Waals surface area (Å²) in [6, 6.07) is 13.6. The van der Waals surface area contributed by atoms with Crippen LogP contribution >= 0.6 is 0 Å². The van der Waals surface area contributed by atoms with Gasteiger partial charge in [-0.15, -0.1) is 0 Å². The highest BCUT2D eigenvalue weighted by atomic mass is 16.6. The fourth-order valence-electron chi connectivity index (χ4n) is 3.76. The summed E-state index contributed by atoms with van der Waals surface area (Å²) in [5, 5.41) is 13.7. The van der Waals surface area contributed by atoms with Crippen LogP contribution in [-0.2, 0) is 27.4 Å². The molecule has 1 amide bonds. The maximum Gasteiger partial charge on any atom is 0.310 e. The lowest BCUT2D eigenvalue weighted by Crippen LogP contribution is -2.37. The Morgan fingerprint density at radius 2 is 1.60 bits per heavy atom. The van der Waals surface area contributed by atoms with Crippen LogP contribution in [0.2, 0.25) is 0 Å². The second-order valence-electron chi connectivity index (χ2n) is 7.57. The minimum Gasteiger partial charge on any atom is -0.461 e. The molecule has 2 aromatic rings. The number of ether oxygens (including phenoxy) is 1. The van der Waals surface area contributed by atoms with Gasteiger partial charge in [0, 0.05) is 17.8 Å². The molecule has 0 heterocycles. The van der Waals surface area contributed by atoms with E-state index >= 15 is 0 Å². The number of anilines is 1. The minimum atomic E-state index is -0.480. The molecule has 158 valence electrons. The number of hydrogen-bond donors (Lipinski definition) is 1. The monoisotopic (exact) mass is 410 g/mol. The zero-order valence-corrected chi connectivity index (χ0v) is 17.0. The lowest BCUT2D eigenvalue weighted by atomic mass is 9.78. The Bertz CT molecular complexity index is 893. The molecule has 30 heavy (non-hydrogen) atoms. The molecule has 3 rings (SSSR count). The highest BCUT2D eigenvalue weighted by Crippen LogP contribution is 2.32. The average Bonchev–Trinajstić information content (AvgIpc) is 2.78. The van der Waals surface area contributed by atoms with Gasteiger partial charge >= 0.3 is 5.97 Å². The third-order valence-electron chi connectivity index (χ3n) is 5.56. The van der Waals surface area contributed by atoms with Gasteiger partial charge in [0.25, 0.3) is 5.69 Å². The lowest BCUT2D eigenvalue weighted by Gasteiger charge is -2.29. The van der Waals surface area contributed by atoms with Crippen molar-refractivity contribution in [2.75, 3.05) is 5.32 Å². The van der Waals surface area contributed by atoms with Gasteiger partial charge in [-0.05, 0) is 54.7 Å². The van der Waals surface area contributed by atoms with Crippen molar-refractivity contribution in [3.8, 4) is 0 Å². The quantitative estimate of drug-likeness (QED) is 0.407. The molecule has 1 aliphatic carbocycles. The number of hydrogen-bond acceptors (Lipinski definition) is 5. The predicted octanol–water partition coefficient (Wildman–Crippen LogP) is 4.65. The number of benzene rings is 2. The van der Waals surface area contributed by atoms with E-state index in [0.717, 1.165) is 24.9 Å². The van der Waals surface area contributed by atoms with Crippen LogP contribution in [0.25, 0.3) is 0 Å². The van der Waals surface area contributed by atoms with Gasteiger partial charge in [-0.3, -0.25) is 19.7 Å². The molecule has 0 spiro atoms. The molecule has 0 bridgehead atoms. The van der Waals surface area contributed by atoms with Crippen molar-refractivity contribution in [2.45, 2.75) is 45.6 Å². The van der Waals surface area contributed by atoms with Crippen LogP contribution in [0, 0.1) is 22.0 Å². The van der Waals surface area contributed by atoms with Gasteiger partial charge in [0.2, 0.25) is 5.91 Å². The van der Waals surface area contributed by atoms with Crippen molar-refractivity contribution in [3.05, 3.63) is 69.8 Å². The van der Waals surface area contributed by atoms with Crippen molar-refractivity contribution in [1.29, 1.82) is 0 Å². The SMILES string of the molecule is CCc1ccc(NC(=O)[C@@H]2CCCC[C@@H]2C(=O)OCc2ccc([N+](=O)[O-])cc2)cc1. The van der Waals surface area contributed by atoms with Crippen LogP contribution in [0.3, 0.4) is 0 Å². The summed E-state index contributed by atoms with van der Waals surface area (Å²) >= 11 is 0. The Kier molecular flexibility index (Phi) is 7.17. The average molecular weight is 410 g/mol. The van der Waals surface area contributed by atoms with Gasteiger partial charge in [0.1, 0.15) is 6.61 Å². The summed E-state index contributed by atoms with van der Waals surface area (Å²) in [5.74, 6) is -1.45. The van der Waals surface area contributed by atoms with Gasteiger partial charge in [0.05, 0.1) is 16.8 Å². The maximum atomic E-state index is 12.8.